The van der Waals surface area contributed by atoms with Gasteiger partial charge in [0, 0.05) is 0 Å². The number of allylic oxidation sites excluding steroid dienone is 2. The summed E-state index contributed by atoms with van der Waals surface area (Å²) in [6.07, 6.45) is 39.6. The van der Waals surface area contributed by atoms with Crippen LogP contribution in [0.1, 0.15) is 168 Å². The number of rotatable bonds is 24. The number of hydrogen-bond acceptors (Lipinski definition) is 0. The van der Waals surface area contributed by atoms with Crippen LogP contribution >= 0.6 is 0 Å². The van der Waals surface area contributed by atoms with Crippen molar-refractivity contribution in [2.24, 2.45) is 0 Å². The summed E-state index contributed by atoms with van der Waals surface area (Å²) in [5.74, 6) is 0. The van der Waals surface area contributed by atoms with E-state index in [-0.39, 0.29) is 0 Å². The Hall–Kier alpha value is -0.260. The van der Waals surface area contributed by atoms with E-state index in [1.54, 1.807) is 0 Å². The van der Waals surface area contributed by atoms with Crippen LogP contribution in [0.25, 0.3) is 0 Å². The zero-order valence-electron chi connectivity index (χ0n) is 20.1. The lowest BCUT2D eigenvalue weighted by atomic mass is 10.0. The van der Waals surface area contributed by atoms with E-state index in [0.29, 0.717) is 0 Å². The van der Waals surface area contributed by atoms with Gasteiger partial charge in [-0.25, -0.2) is 0 Å². The van der Waals surface area contributed by atoms with Crippen molar-refractivity contribution >= 4 is 0 Å². The lowest BCUT2D eigenvalue weighted by molar-refractivity contribution is 0.518. The summed E-state index contributed by atoms with van der Waals surface area (Å²) in [6.45, 7) is 4.43. The molecule has 0 atom stereocenters. The molecule has 0 bridgehead atoms. The van der Waals surface area contributed by atoms with E-state index in [9.17, 15) is 0 Å². The lowest BCUT2D eigenvalue weighted by Crippen LogP contribution is -1.84. The SMILES string of the molecule is C/C=C/CCCCCCCCCCCCCCCCCCCCCCCCC. The third kappa shape index (κ3) is 25.7. The second-order valence-corrected chi connectivity index (χ2v) is 9.14. The van der Waals surface area contributed by atoms with Crippen LogP contribution in [0.5, 0.6) is 0 Å². The molecule has 0 fully saturated rings. The molecule has 0 radical (unpaired) electrons. The molecule has 0 unspecified atom stereocenters. The van der Waals surface area contributed by atoms with Crippen molar-refractivity contribution in [2.45, 2.75) is 168 Å². The molecule has 0 saturated carbocycles. The highest BCUT2D eigenvalue weighted by Crippen LogP contribution is 2.15. The summed E-state index contributed by atoms with van der Waals surface area (Å²) in [5.41, 5.74) is 0. The molecule has 0 aliphatic heterocycles. The molecule has 0 aliphatic rings. The Morgan fingerprint density at radius 2 is 0.607 bits per heavy atom. The summed E-state index contributed by atoms with van der Waals surface area (Å²) in [4.78, 5) is 0. The van der Waals surface area contributed by atoms with Gasteiger partial charge in [0.2, 0.25) is 0 Å². The standard InChI is InChI=1S/C28H56/c1-3-5-7-9-11-13-15-17-19-21-23-25-27-28-26-24-22-20-18-16-14-12-10-8-6-4-2/h3,5H,4,6-28H2,1-2H3/b5-3+. The molecule has 0 nitrogen and oxygen atoms in total. The minimum Gasteiger partial charge on any atom is -0.0917 e. The molecule has 0 saturated heterocycles. The molecule has 168 valence electrons. The third-order valence-corrected chi connectivity index (χ3v) is 6.21. The molecule has 0 aromatic heterocycles. The number of hydrogen-bond donors (Lipinski definition) is 0. The van der Waals surface area contributed by atoms with Gasteiger partial charge in [-0.2, -0.15) is 0 Å². The van der Waals surface area contributed by atoms with Gasteiger partial charge >= 0.3 is 0 Å². The Balaban J connectivity index is 2.98. The molecule has 0 heterocycles. The minimum atomic E-state index is 1.29. The average Bonchev–Trinajstić information content (AvgIpc) is 2.71. The van der Waals surface area contributed by atoms with Crippen LogP contribution in [-0.2, 0) is 0 Å². The van der Waals surface area contributed by atoms with Gasteiger partial charge in [-0.05, 0) is 19.8 Å². The first kappa shape index (κ1) is 27.7. The molecule has 0 aromatic rings. The molecule has 0 rings (SSSR count). The first-order valence-electron chi connectivity index (χ1n) is 13.5. The van der Waals surface area contributed by atoms with Gasteiger partial charge in [-0.3, -0.25) is 0 Å². The normalized spacial score (nSPS) is 11.6. The van der Waals surface area contributed by atoms with E-state index in [1.807, 2.05) is 0 Å². The molecular formula is C28H56. The fourth-order valence-corrected chi connectivity index (χ4v) is 4.21. The maximum Gasteiger partial charge on any atom is -0.0351 e. The fraction of sp³-hybridized carbons (Fsp3) is 0.929. The Labute approximate surface area is 180 Å². The van der Waals surface area contributed by atoms with Crippen LogP contribution < -0.4 is 0 Å². The first-order valence-corrected chi connectivity index (χ1v) is 13.5. The van der Waals surface area contributed by atoms with E-state index >= 15 is 0 Å². The second-order valence-electron chi connectivity index (χ2n) is 9.14. The van der Waals surface area contributed by atoms with Crippen molar-refractivity contribution in [1.29, 1.82) is 0 Å². The predicted octanol–water partition coefficient (Wildman–Crippen LogP) is 10.9. The molecular weight excluding hydrogens is 336 g/mol. The van der Waals surface area contributed by atoms with E-state index in [4.69, 9.17) is 0 Å². The van der Waals surface area contributed by atoms with Gasteiger partial charge in [-0.1, -0.05) is 160 Å². The average molecular weight is 393 g/mol. The highest BCUT2D eigenvalue weighted by atomic mass is 14.0. The van der Waals surface area contributed by atoms with Crippen LogP contribution in [0, 0.1) is 0 Å². The Morgan fingerprint density at radius 3 is 0.857 bits per heavy atom. The summed E-state index contributed by atoms with van der Waals surface area (Å²) < 4.78 is 0. The second kappa shape index (κ2) is 26.7. The smallest absolute Gasteiger partial charge is 0.0351 e. The Kier molecular flexibility index (Phi) is 26.5. The topological polar surface area (TPSA) is 0 Å². The highest BCUT2D eigenvalue weighted by molar-refractivity contribution is 4.76. The van der Waals surface area contributed by atoms with Crippen LogP contribution in [-0.4, -0.2) is 0 Å². The monoisotopic (exact) mass is 392 g/mol. The van der Waals surface area contributed by atoms with Gasteiger partial charge in [0.15, 0.2) is 0 Å². The summed E-state index contributed by atoms with van der Waals surface area (Å²) in [7, 11) is 0. The van der Waals surface area contributed by atoms with Gasteiger partial charge < -0.3 is 0 Å². The zero-order valence-corrected chi connectivity index (χ0v) is 20.1. The van der Waals surface area contributed by atoms with Crippen LogP contribution in [0.15, 0.2) is 12.2 Å². The summed E-state index contributed by atoms with van der Waals surface area (Å²) in [6, 6.07) is 0. The zero-order chi connectivity index (χ0) is 20.4. The predicted molar refractivity (Wildman–Crippen MR) is 131 cm³/mol. The molecule has 0 amide bonds. The van der Waals surface area contributed by atoms with Crippen molar-refractivity contribution in [1.82, 2.24) is 0 Å². The van der Waals surface area contributed by atoms with E-state index in [0.717, 1.165) is 0 Å². The van der Waals surface area contributed by atoms with Gasteiger partial charge in [-0.15, -0.1) is 0 Å². The van der Waals surface area contributed by atoms with E-state index in [2.05, 4.69) is 26.0 Å². The minimum absolute atomic E-state index is 1.29. The maximum atomic E-state index is 2.30. The molecule has 0 heteroatoms. The largest absolute Gasteiger partial charge is 0.0917 e. The van der Waals surface area contributed by atoms with Gasteiger partial charge in [0.25, 0.3) is 0 Å². The molecule has 0 spiro atoms. The maximum absolute atomic E-state index is 2.30. The summed E-state index contributed by atoms with van der Waals surface area (Å²) in [5, 5.41) is 0. The van der Waals surface area contributed by atoms with Crippen molar-refractivity contribution < 1.29 is 0 Å². The van der Waals surface area contributed by atoms with E-state index in [1.165, 1.54) is 154 Å². The molecule has 28 heavy (non-hydrogen) atoms. The van der Waals surface area contributed by atoms with Crippen molar-refractivity contribution in [2.75, 3.05) is 0 Å². The van der Waals surface area contributed by atoms with Crippen molar-refractivity contribution in [3.63, 3.8) is 0 Å². The van der Waals surface area contributed by atoms with E-state index < -0.39 is 0 Å². The van der Waals surface area contributed by atoms with Crippen LogP contribution in [0.2, 0.25) is 0 Å². The molecule has 0 aliphatic carbocycles. The summed E-state index contributed by atoms with van der Waals surface area (Å²) >= 11 is 0. The Bertz CT molecular complexity index is 278. The Morgan fingerprint density at radius 1 is 0.357 bits per heavy atom. The van der Waals surface area contributed by atoms with Crippen molar-refractivity contribution in [3.05, 3.63) is 12.2 Å². The first-order chi connectivity index (χ1) is 13.9. The van der Waals surface area contributed by atoms with Gasteiger partial charge in [0.05, 0.1) is 0 Å². The molecule has 0 aromatic carbocycles. The van der Waals surface area contributed by atoms with Crippen LogP contribution in [0.4, 0.5) is 0 Å². The van der Waals surface area contributed by atoms with Crippen LogP contribution in [0.3, 0.4) is 0 Å². The third-order valence-electron chi connectivity index (χ3n) is 6.21. The number of unbranched alkanes of at least 4 members (excludes halogenated alkanes) is 23. The van der Waals surface area contributed by atoms with Gasteiger partial charge in [0.1, 0.15) is 0 Å². The quantitative estimate of drug-likeness (QED) is 0.113. The fourth-order valence-electron chi connectivity index (χ4n) is 4.21. The van der Waals surface area contributed by atoms with Crippen molar-refractivity contribution in [3.8, 4) is 0 Å². The highest BCUT2D eigenvalue weighted by Gasteiger charge is 1.95. The lowest BCUT2D eigenvalue weighted by Gasteiger charge is -2.04. The molecule has 0 N–H and O–H groups in total.